The van der Waals surface area contributed by atoms with Crippen LogP contribution in [0.2, 0.25) is 5.15 Å². The lowest BCUT2D eigenvalue weighted by molar-refractivity contribution is 0.405. The molecule has 0 bridgehead atoms. The molecule has 0 spiro atoms. The van der Waals surface area contributed by atoms with Crippen molar-refractivity contribution in [2.24, 2.45) is 5.41 Å². The summed E-state index contributed by atoms with van der Waals surface area (Å²) < 4.78 is 0. The van der Waals surface area contributed by atoms with Crippen molar-refractivity contribution in [3.63, 3.8) is 0 Å². The van der Waals surface area contributed by atoms with Crippen molar-refractivity contribution in [1.29, 1.82) is 0 Å². The van der Waals surface area contributed by atoms with Gasteiger partial charge < -0.3 is 0 Å². The highest BCUT2D eigenvalue weighted by Gasteiger charge is 2.12. The number of hydrogen-bond donors (Lipinski definition) is 0. The molecule has 0 unspecified atom stereocenters. The standard InChI is InChI=1S/C9H13ClN2/c1-9(2,3)4-7-5-11-6-8(10)12-7/h5-6H,4H2,1-3H3. The highest BCUT2D eigenvalue weighted by molar-refractivity contribution is 6.29. The molecule has 0 aliphatic heterocycles. The van der Waals surface area contributed by atoms with Gasteiger partial charge in [0.1, 0.15) is 5.15 Å². The Morgan fingerprint density at radius 3 is 2.50 bits per heavy atom. The lowest BCUT2D eigenvalue weighted by Gasteiger charge is -2.16. The molecule has 0 N–H and O–H groups in total. The maximum atomic E-state index is 5.70. The molecule has 0 aliphatic carbocycles. The van der Waals surface area contributed by atoms with Gasteiger partial charge in [-0.2, -0.15) is 0 Å². The van der Waals surface area contributed by atoms with E-state index in [2.05, 4.69) is 30.7 Å². The Morgan fingerprint density at radius 1 is 1.33 bits per heavy atom. The summed E-state index contributed by atoms with van der Waals surface area (Å²) in [4.78, 5) is 8.14. The second-order valence-electron chi connectivity index (χ2n) is 4.07. The zero-order valence-electron chi connectivity index (χ0n) is 7.63. The largest absolute Gasteiger partial charge is 0.260 e. The van der Waals surface area contributed by atoms with E-state index < -0.39 is 0 Å². The number of hydrogen-bond acceptors (Lipinski definition) is 2. The van der Waals surface area contributed by atoms with Crippen LogP contribution in [-0.4, -0.2) is 9.97 Å². The normalized spacial score (nSPS) is 11.7. The Hall–Kier alpha value is -0.630. The minimum absolute atomic E-state index is 0.235. The Labute approximate surface area is 78.0 Å². The quantitative estimate of drug-likeness (QED) is 0.671. The van der Waals surface area contributed by atoms with Crippen molar-refractivity contribution in [2.75, 3.05) is 0 Å². The van der Waals surface area contributed by atoms with E-state index in [0.29, 0.717) is 5.15 Å². The van der Waals surface area contributed by atoms with Gasteiger partial charge in [0, 0.05) is 6.20 Å². The first-order chi connectivity index (χ1) is 5.47. The lowest BCUT2D eigenvalue weighted by atomic mass is 9.91. The second-order valence-corrected chi connectivity index (χ2v) is 4.46. The fraction of sp³-hybridized carbons (Fsp3) is 0.556. The van der Waals surface area contributed by atoms with Gasteiger partial charge in [-0.25, -0.2) is 4.98 Å². The van der Waals surface area contributed by atoms with Crippen LogP contribution in [0, 0.1) is 5.41 Å². The molecule has 0 aliphatic rings. The fourth-order valence-corrected chi connectivity index (χ4v) is 1.17. The minimum atomic E-state index is 0.235. The molecule has 66 valence electrons. The Bertz CT molecular complexity index is 265. The van der Waals surface area contributed by atoms with Gasteiger partial charge in [-0.05, 0) is 11.8 Å². The van der Waals surface area contributed by atoms with Crippen molar-refractivity contribution < 1.29 is 0 Å². The van der Waals surface area contributed by atoms with Crippen LogP contribution in [0.5, 0.6) is 0 Å². The summed E-state index contributed by atoms with van der Waals surface area (Å²) >= 11 is 5.70. The number of nitrogens with zero attached hydrogens (tertiary/aromatic N) is 2. The van der Waals surface area contributed by atoms with E-state index in [1.54, 1.807) is 12.4 Å². The zero-order valence-corrected chi connectivity index (χ0v) is 8.39. The van der Waals surface area contributed by atoms with Gasteiger partial charge in [-0.15, -0.1) is 0 Å². The van der Waals surface area contributed by atoms with Gasteiger partial charge in [0.15, 0.2) is 0 Å². The van der Waals surface area contributed by atoms with Crippen LogP contribution in [0.1, 0.15) is 26.5 Å². The average molecular weight is 185 g/mol. The van der Waals surface area contributed by atoms with Crippen LogP contribution in [-0.2, 0) is 6.42 Å². The van der Waals surface area contributed by atoms with E-state index >= 15 is 0 Å². The van der Waals surface area contributed by atoms with Crippen molar-refractivity contribution >= 4 is 11.6 Å². The molecule has 0 atom stereocenters. The highest BCUT2D eigenvalue weighted by atomic mass is 35.5. The lowest BCUT2D eigenvalue weighted by Crippen LogP contribution is -2.10. The number of rotatable bonds is 1. The Morgan fingerprint density at radius 2 is 2.00 bits per heavy atom. The molecule has 1 heterocycles. The molecule has 1 aromatic heterocycles. The molecular formula is C9H13ClN2. The predicted octanol–water partition coefficient (Wildman–Crippen LogP) is 2.72. The van der Waals surface area contributed by atoms with Crippen LogP contribution in [0.15, 0.2) is 12.4 Å². The van der Waals surface area contributed by atoms with Crippen LogP contribution in [0.4, 0.5) is 0 Å². The maximum absolute atomic E-state index is 5.70. The summed E-state index contributed by atoms with van der Waals surface area (Å²) in [5.74, 6) is 0. The third kappa shape index (κ3) is 3.18. The number of halogens is 1. The van der Waals surface area contributed by atoms with Gasteiger partial charge in [0.2, 0.25) is 0 Å². The fourth-order valence-electron chi connectivity index (χ4n) is 1.01. The van der Waals surface area contributed by atoms with Gasteiger partial charge in [-0.1, -0.05) is 32.4 Å². The molecule has 12 heavy (non-hydrogen) atoms. The first-order valence-corrected chi connectivity index (χ1v) is 4.32. The van der Waals surface area contributed by atoms with Crippen LogP contribution >= 0.6 is 11.6 Å². The van der Waals surface area contributed by atoms with Crippen LogP contribution < -0.4 is 0 Å². The van der Waals surface area contributed by atoms with E-state index in [4.69, 9.17) is 11.6 Å². The first kappa shape index (κ1) is 9.46. The molecule has 0 aromatic carbocycles. The highest BCUT2D eigenvalue weighted by Crippen LogP contribution is 2.19. The van der Waals surface area contributed by atoms with Crippen LogP contribution in [0.3, 0.4) is 0 Å². The maximum Gasteiger partial charge on any atom is 0.147 e. The summed E-state index contributed by atoms with van der Waals surface area (Å²) in [5.41, 5.74) is 1.19. The SMILES string of the molecule is CC(C)(C)Cc1cncc(Cl)n1. The summed E-state index contributed by atoms with van der Waals surface area (Å²) in [6.07, 6.45) is 4.21. The zero-order chi connectivity index (χ0) is 9.19. The van der Waals surface area contributed by atoms with Gasteiger partial charge >= 0.3 is 0 Å². The molecule has 2 nitrogen and oxygen atoms in total. The topological polar surface area (TPSA) is 25.8 Å². The average Bonchev–Trinajstić information content (AvgIpc) is 1.82. The summed E-state index contributed by atoms with van der Waals surface area (Å²) in [6.45, 7) is 6.49. The molecule has 0 fully saturated rings. The predicted molar refractivity (Wildman–Crippen MR) is 50.2 cm³/mol. The van der Waals surface area contributed by atoms with Crippen LogP contribution in [0.25, 0.3) is 0 Å². The van der Waals surface area contributed by atoms with E-state index in [1.165, 1.54) is 0 Å². The van der Waals surface area contributed by atoms with E-state index in [0.717, 1.165) is 12.1 Å². The Balaban J connectivity index is 2.77. The van der Waals surface area contributed by atoms with E-state index in [-0.39, 0.29) is 5.41 Å². The third-order valence-electron chi connectivity index (χ3n) is 1.37. The Kier molecular flexibility index (Phi) is 2.68. The first-order valence-electron chi connectivity index (χ1n) is 3.94. The summed E-state index contributed by atoms with van der Waals surface area (Å²) in [5, 5.41) is 0.469. The van der Waals surface area contributed by atoms with Gasteiger partial charge in [0.05, 0.1) is 11.9 Å². The van der Waals surface area contributed by atoms with E-state index in [9.17, 15) is 0 Å². The molecule has 0 amide bonds. The van der Waals surface area contributed by atoms with Crippen molar-refractivity contribution in [2.45, 2.75) is 27.2 Å². The van der Waals surface area contributed by atoms with Crippen molar-refractivity contribution in [3.8, 4) is 0 Å². The van der Waals surface area contributed by atoms with Gasteiger partial charge in [0.25, 0.3) is 0 Å². The summed E-state index contributed by atoms with van der Waals surface area (Å²) in [6, 6.07) is 0. The smallest absolute Gasteiger partial charge is 0.147 e. The molecule has 0 saturated heterocycles. The molecule has 1 aromatic rings. The van der Waals surface area contributed by atoms with Gasteiger partial charge in [-0.3, -0.25) is 4.98 Å². The van der Waals surface area contributed by atoms with Crippen molar-refractivity contribution in [3.05, 3.63) is 23.2 Å². The second kappa shape index (κ2) is 3.40. The third-order valence-corrected chi connectivity index (χ3v) is 1.55. The molecular weight excluding hydrogens is 172 g/mol. The monoisotopic (exact) mass is 184 g/mol. The summed E-state index contributed by atoms with van der Waals surface area (Å²) in [7, 11) is 0. The molecule has 3 heteroatoms. The van der Waals surface area contributed by atoms with E-state index in [1.807, 2.05) is 0 Å². The molecule has 1 rings (SSSR count). The molecule has 0 saturated carbocycles. The number of aromatic nitrogens is 2. The molecule has 0 radical (unpaired) electrons. The minimum Gasteiger partial charge on any atom is -0.260 e. The van der Waals surface area contributed by atoms with Crippen molar-refractivity contribution in [1.82, 2.24) is 9.97 Å².